The van der Waals surface area contributed by atoms with Gasteiger partial charge in [0.2, 0.25) is 0 Å². The van der Waals surface area contributed by atoms with E-state index in [-0.39, 0.29) is 11.5 Å². The second-order valence-electron chi connectivity index (χ2n) is 6.48. The molecule has 0 aliphatic heterocycles. The minimum Gasteiger partial charge on any atom is -0.434 e. The molecule has 4 rings (SSSR count). The van der Waals surface area contributed by atoms with E-state index in [1.54, 1.807) is 0 Å². The molecule has 0 aromatic carbocycles. The molecule has 0 amide bonds. The molecule has 4 nitrogen and oxygen atoms in total. The van der Waals surface area contributed by atoms with E-state index in [4.69, 9.17) is 16.3 Å². The number of halogens is 1. The Hall–Kier alpha value is -0.480. The highest BCUT2D eigenvalue weighted by Crippen LogP contribution is 2.61. The first-order chi connectivity index (χ1) is 8.53. The summed E-state index contributed by atoms with van der Waals surface area (Å²) in [5, 5.41) is 10.5. The average molecular weight is 275 g/mol. The monoisotopic (exact) mass is 274 g/mol. The van der Waals surface area contributed by atoms with E-state index in [1.807, 2.05) is 0 Å². The van der Waals surface area contributed by atoms with Gasteiger partial charge in [-0.3, -0.25) is 0 Å². The van der Waals surface area contributed by atoms with Crippen molar-refractivity contribution in [1.82, 2.24) is 0 Å². The highest BCUT2D eigenvalue weighted by molar-refractivity contribution is 6.17. The maximum absolute atomic E-state index is 11.2. The van der Waals surface area contributed by atoms with E-state index in [1.165, 1.54) is 6.42 Å². The van der Waals surface area contributed by atoms with Crippen LogP contribution in [0.1, 0.15) is 38.5 Å². The highest BCUT2D eigenvalue weighted by Gasteiger charge is 2.57. The van der Waals surface area contributed by atoms with Gasteiger partial charge >= 0.3 is 6.16 Å². The highest BCUT2D eigenvalue weighted by atomic mass is 35.5. The summed E-state index contributed by atoms with van der Waals surface area (Å²) in [7, 11) is 0. The van der Waals surface area contributed by atoms with Crippen molar-refractivity contribution in [3.63, 3.8) is 0 Å². The fraction of sp³-hybridized carbons (Fsp3) is 0.923. The van der Waals surface area contributed by atoms with Gasteiger partial charge in [-0.05, 0) is 50.4 Å². The zero-order valence-electron chi connectivity index (χ0n) is 10.4. The molecule has 0 aromatic rings. The predicted octanol–water partition coefficient (Wildman–Crippen LogP) is 2.67. The topological polar surface area (TPSA) is 55.8 Å². The van der Waals surface area contributed by atoms with E-state index in [2.05, 4.69) is 4.74 Å². The van der Waals surface area contributed by atoms with E-state index < -0.39 is 11.8 Å². The summed E-state index contributed by atoms with van der Waals surface area (Å²) >= 11 is 5.31. The number of hydrogen-bond acceptors (Lipinski definition) is 4. The summed E-state index contributed by atoms with van der Waals surface area (Å²) in [5.74, 6) is 1.20. The van der Waals surface area contributed by atoms with Crippen molar-refractivity contribution in [3.05, 3.63) is 0 Å². The van der Waals surface area contributed by atoms with Gasteiger partial charge in [0.05, 0.1) is 5.60 Å². The molecule has 18 heavy (non-hydrogen) atoms. The summed E-state index contributed by atoms with van der Waals surface area (Å²) in [6.07, 6.45) is 5.29. The molecule has 0 spiro atoms. The lowest BCUT2D eigenvalue weighted by molar-refractivity contribution is -0.176. The standard InChI is InChI=1S/C13H19ClO4/c14-8-18-11(15)17-7-12-2-9-1-10(3-12)5-13(16,4-9)6-12/h9-10,16H,1-8H2. The van der Waals surface area contributed by atoms with Gasteiger partial charge in [-0.25, -0.2) is 4.79 Å². The predicted molar refractivity (Wildman–Crippen MR) is 65.2 cm³/mol. The van der Waals surface area contributed by atoms with Gasteiger partial charge in [0, 0.05) is 5.41 Å². The third kappa shape index (κ3) is 2.21. The molecular formula is C13H19ClO4. The molecule has 0 heterocycles. The van der Waals surface area contributed by atoms with Crippen molar-refractivity contribution in [3.8, 4) is 0 Å². The van der Waals surface area contributed by atoms with Crippen molar-refractivity contribution >= 4 is 17.8 Å². The SMILES string of the molecule is O=C(OCCl)OCC12CC3CC(CC(O)(C3)C1)C2. The van der Waals surface area contributed by atoms with E-state index in [0.717, 1.165) is 32.1 Å². The maximum Gasteiger partial charge on any atom is 0.509 e. The lowest BCUT2D eigenvalue weighted by atomic mass is 9.48. The Labute approximate surface area is 112 Å². The van der Waals surface area contributed by atoms with Crippen LogP contribution in [-0.4, -0.2) is 29.5 Å². The summed E-state index contributed by atoms with van der Waals surface area (Å²) in [6, 6.07) is -0.180. The number of carbonyl (C=O) groups excluding carboxylic acids is 1. The Balaban J connectivity index is 1.66. The van der Waals surface area contributed by atoms with Gasteiger partial charge in [-0.1, -0.05) is 11.6 Å². The van der Waals surface area contributed by atoms with Gasteiger partial charge in [0.25, 0.3) is 0 Å². The summed E-state index contributed by atoms with van der Waals surface area (Å²) in [6.45, 7) is 0.359. The Morgan fingerprint density at radius 1 is 1.22 bits per heavy atom. The van der Waals surface area contributed by atoms with Crippen LogP contribution in [-0.2, 0) is 9.47 Å². The first-order valence-electron chi connectivity index (χ1n) is 6.60. The summed E-state index contributed by atoms with van der Waals surface area (Å²) in [5.41, 5.74) is -0.534. The van der Waals surface area contributed by atoms with E-state index in [0.29, 0.717) is 18.4 Å². The quantitative estimate of drug-likeness (QED) is 0.635. The summed E-state index contributed by atoms with van der Waals surface area (Å²) < 4.78 is 9.73. The van der Waals surface area contributed by atoms with Crippen LogP contribution < -0.4 is 0 Å². The second-order valence-corrected chi connectivity index (χ2v) is 6.70. The van der Waals surface area contributed by atoms with Crippen LogP contribution in [0.4, 0.5) is 4.79 Å². The Kier molecular flexibility index (Phi) is 2.98. The molecule has 2 atom stereocenters. The first kappa shape index (κ1) is 12.5. The zero-order valence-corrected chi connectivity index (χ0v) is 11.1. The van der Waals surface area contributed by atoms with Crippen LogP contribution in [0.25, 0.3) is 0 Å². The number of hydrogen-bond donors (Lipinski definition) is 1. The number of ether oxygens (including phenoxy) is 2. The molecular weight excluding hydrogens is 256 g/mol. The molecule has 2 unspecified atom stereocenters. The first-order valence-corrected chi connectivity index (χ1v) is 7.14. The molecule has 0 aromatic heterocycles. The third-order valence-electron chi connectivity index (χ3n) is 4.82. The normalized spacial score (nSPS) is 45.0. The fourth-order valence-corrected chi connectivity index (χ4v) is 4.96. The van der Waals surface area contributed by atoms with Gasteiger partial charge in [-0.2, -0.15) is 0 Å². The third-order valence-corrected chi connectivity index (χ3v) is 4.93. The lowest BCUT2D eigenvalue weighted by Gasteiger charge is -2.59. The number of rotatable bonds is 3. The molecule has 1 N–H and O–H groups in total. The molecule has 4 aliphatic carbocycles. The summed E-state index contributed by atoms with van der Waals surface area (Å²) in [4.78, 5) is 11.2. The van der Waals surface area contributed by atoms with Crippen molar-refractivity contribution in [2.75, 3.05) is 12.7 Å². The second kappa shape index (κ2) is 4.27. The molecule has 5 heteroatoms. The van der Waals surface area contributed by atoms with Crippen LogP contribution in [0.2, 0.25) is 0 Å². The minimum atomic E-state index is -0.701. The molecule has 4 fully saturated rings. The largest absolute Gasteiger partial charge is 0.509 e. The van der Waals surface area contributed by atoms with Gasteiger partial charge in [-0.15, -0.1) is 0 Å². The average Bonchev–Trinajstić information content (AvgIpc) is 2.23. The molecule has 102 valence electrons. The minimum absolute atomic E-state index is 0.0236. The smallest absolute Gasteiger partial charge is 0.434 e. The Morgan fingerprint density at radius 2 is 1.89 bits per heavy atom. The fourth-order valence-electron chi connectivity index (χ4n) is 4.87. The zero-order chi connectivity index (χ0) is 12.8. The van der Waals surface area contributed by atoms with Crippen LogP contribution in [0.15, 0.2) is 0 Å². The number of aliphatic hydroxyl groups is 1. The van der Waals surface area contributed by atoms with Crippen molar-refractivity contribution in [2.45, 2.75) is 44.1 Å². The molecule has 4 aliphatic rings. The molecule has 0 saturated heterocycles. The molecule has 4 bridgehead atoms. The molecule has 4 saturated carbocycles. The van der Waals surface area contributed by atoms with E-state index in [9.17, 15) is 9.90 Å². The van der Waals surface area contributed by atoms with Crippen molar-refractivity contribution < 1.29 is 19.4 Å². The number of alkyl halides is 1. The van der Waals surface area contributed by atoms with Crippen LogP contribution in [0.5, 0.6) is 0 Å². The van der Waals surface area contributed by atoms with Crippen molar-refractivity contribution in [1.29, 1.82) is 0 Å². The van der Waals surface area contributed by atoms with E-state index >= 15 is 0 Å². The van der Waals surface area contributed by atoms with Crippen LogP contribution >= 0.6 is 11.6 Å². The number of carbonyl (C=O) groups is 1. The Morgan fingerprint density at radius 3 is 2.44 bits per heavy atom. The Bertz CT molecular complexity index is 343. The van der Waals surface area contributed by atoms with Gasteiger partial charge in [0.15, 0.2) is 6.07 Å². The van der Waals surface area contributed by atoms with Crippen LogP contribution in [0.3, 0.4) is 0 Å². The van der Waals surface area contributed by atoms with Crippen molar-refractivity contribution in [2.24, 2.45) is 17.3 Å². The van der Waals surface area contributed by atoms with Crippen LogP contribution in [0, 0.1) is 17.3 Å². The van der Waals surface area contributed by atoms with Gasteiger partial charge in [0.1, 0.15) is 6.61 Å². The molecule has 0 radical (unpaired) electrons. The lowest BCUT2D eigenvalue weighted by Crippen LogP contribution is -2.57. The maximum atomic E-state index is 11.2. The van der Waals surface area contributed by atoms with Gasteiger partial charge < -0.3 is 14.6 Å².